The Bertz CT molecular complexity index is 943. The van der Waals surface area contributed by atoms with E-state index in [9.17, 15) is 18.0 Å². The molecule has 2 aromatic rings. The summed E-state index contributed by atoms with van der Waals surface area (Å²) < 4.78 is 37.4. The fourth-order valence-corrected chi connectivity index (χ4v) is 3.52. The Morgan fingerprint density at radius 2 is 1.79 bits per heavy atom. The molecule has 0 atom stereocenters. The molecule has 8 nitrogen and oxygen atoms in total. The van der Waals surface area contributed by atoms with E-state index in [4.69, 9.17) is 4.74 Å². The van der Waals surface area contributed by atoms with E-state index in [1.165, 1.54) is 43.5 Å². The van der Waals surface area contributed by atoms with E-state index >= 15 is 0 Å². The van der Waals surface area contributed by atoms with Crippen LogP contribution in [0.2, 0.25) is 0 Å². The lowest BCUT2D eigenvalue weighted by molar-refractivity contribution is 0.0600. The van der Waals surface area contributed by atoms with Crippen molar-refractivity contribution < 1.29 is 27.5 Å². The van der Waals surface area contributed by atoms with Crippen molar-refractivity contribution in [1.82, 2.24) is 5.32 Å². The summed E-state index contributed by atoms with van der Waals surface area (Å²) in [6.45, 7) is 0.903. The molecule has 0 saturated heterocycles. The molecular formula is C19H22N2O6S. The van der Waals surface area contributed by atoms with Crippen LogP contribution in [0.25, 0.3) is 0 Å². The average Bonchev–Trinajstić information content (AvgIpc) is 2.70. The number of amides is 1. The first-order valence-electron chi connectivity index (χ1n) is 8.46. The number of carbonyl (C=O) groups is 2. The highest BCUT2D eigenvalue weighted by Gasteiger charge is 2.20. The second kappa shape index (κ2) is 9.86. The van der Waals surface area contributed by atoms with Gasteiger partial charge in [0.1, 0.15) is 0 Å². The van der Waals surface area contributed by atoms with E-state index < -0.39 is 21.9 Å². The van der Waals surface area contributed by atoms with Gasteiger partial charge in [-0.2, -0.15) is 0 Å². The number of hydrogen-bond donors (Lipinski definition) is 2. The van der Waals surface area contributed by atoms with Gasteiger partial charge in [-0.05, 0) is 36.8 Å². The number of para-hydroxylation sites is 1. The van der Waals surface area contributed by atoms with Gasteiger partial charge in [0.25, 0.3) is 15.9 Å². The van der Waals surface area contributed by atoms with Gasteiger partial charge in [0, 0.05) is 20.3 Å². The van der Waals surface area contributed by atoms with Crippen molar-refractivity contribution in [2.45, 2.75) is 11.3 Å². The summed E-state index contributed by atoms with van der Waals surface area (Å²) >= 11 is 0. The standard InChI is InChI=1S/C19H22N2O6S/c1-26-12-6-11-20-18(22)16-9-3-4-10-17(16)21-28(24,25)15-8-5-7-14(13-15)19(23)27-2/h3-5,7-10,13,21H,6,11-12H2,1-2H3,(H,20,22). The fraction of sp³-hybridized carbons (Fsp3) is 0.263. The van der Waals surface area contributed by atoms with Crippen molar-refractivity contribution in [1.29, 1.82) is 0 Å². The van der Waals surface area contributed by atoms with Gasteiger partial charge in [0.2, 0.25) is 0 Å². The molecule has 0 aliphatic rings. The predicted molar refractivity (Wildman–Crippen MR) is 104 cm³/mol. The second-order valence-corrected chi connectivity index (χ2v) is 7.46. The lowest BCUT2D eigenvalue weighted by Crippen LogP contribution is -2.26. The van der Waals surface area contributed by atoms with Gasteiger partial charge in [-0.25, -0.2) is 13.2 Å². The van der Waals surface area contributed by atoms with Gasteiger partial charge in [0.05, 0.1) is 28.8 Å². The van der Waals surface area contributed by atoms with E-state index in [0.717, 1.165) is 0 Å². The van der Waals surface area contributed by atoms with Crippen LogP contribution >= 0.6 is 0 Å². The molecule has 9 heteroatoms. The Hall–Kier alpha value is -2.91. The molecule has 150 valence electrons. The lowest BCUT2D eigenvalue weighted by Gasteiger charge is -2.13. The third-order valence-electron chi connectivity index (χ3n) is 3.79. The highest BCUT2D eigenvalue weighted by Crippen LogP contribution is 2.21. The first kappa shape index (κ1) is 21.4. The van der Waals surface area contributed by atoms with Gasteiger partial charge >= 0.3 is 5.97 Å². The maximum Gasteiger partial charge on any atom is 0.337 e. The summed E-state index contributed by atoms with van der Waals surface area (Å²) in [6, 6.07) is 11.7. The van der Waals surface area contributed by atoms with Crippen molar-refractivity contribution in [3.05, 3.63) is 59.7 Å². The quantitative estimate of drug-likeness (QED) is 0.487. The number of esters is 1. The molecule has 0 heterocycles. The van der Waals surface area contributed by atoms with Gasteiger partial charge < -0.3 is 14.8 Å². The summed E-state index contributed by atoms with van der Waals surface area (Å²) in [5, 5.41) is 2.72. The number of nitrogens with one attached hydrogen (secondary N) is 2. The van der Waals surface area contributed by atoms with Gasteiger partial charge in [-0.1, -0.05) is 18.2 Å². The zero-order chi connectivity index (χ0) is 20.6. The largest absolute Gasteiger partial charge is 0.465 e. The Morgan fingerprint density at radius 3 is 2.50 bits per heavy atom. The van der Waals surface area contributed by atoms with E-state index in [2.05, 4.69) is 14.8 Å². The molecular weight excluding hydrogens is 384 g/mol. The van der Waals surface area contributed by atoms with Crippen LogP contribution in [0, 0.1) is 0 Å². The number of anilines is 1. The van der Waals surface area contributed by atoms with Crippen molar-refractivity contribution in [3.63, 3.8) is 0 Å². The predicted octanol–water partition coefficient (Wildman–Crippen LogP) is 2.04. The van der Waals surface area contributed by atoms with Crippen LogP contribution in [0.1, 0.15) is 27.1 Å². The highest BCUT2D eigenvalue weighted by molar-refractivity contribution is 7.92. The minimum atomic E-state index is -4.02. The number of ether oxygens (including phenoxy) is 2. The van der Waals surface area contributed by atoms with Crippen molar-refractivity contribution in [2.75, 3.05) is 32.1 Å². The minimum absolute atomic E-state index is 0.106. The molecule has 0 aliphatic heterocycles. The molecule has 0 saturated carbocycles. The molecule has 0 radical (unpaired) electrons. The summed E-state index contributed by atoms with van der Waals surface area (Å²) in [5.41, 5.74) is 0.428. The van der Waals surface area contributed by atoms with Gasteiger partial charge in [-0.15, -0.1) is 0 Å². The number of sulfonamides is 1. The number of hydrogen-bond acceptors (Lipinski definition) is 6. The molecule has 0 bridgehead atoms. The van der Waals surface area contributed by atoms with Crippen molar-refractivity contribution >= 4 is 27.6 Å². The first-order chi connectivity index (χ1) is 13.4. The van der Waals surface area contributed by atoms with E-state index in [1.54, 1.807) is 19.2 Å². The number of carbonyl (C=O) groups excluding carboxylic acids is 2. The monoisotopic (exact) mass is 406 g/mol. The molecule has 0 spiro atoms. The van der Waals surface area contributed by atoms with Crippen LogP contribution in [0.5, 0.6) is 0 Å². The topological polar surface area (TPSA) is 111 Å². The van der Waals surface area contributed by atoms with Crippen LogP contribution < -0.4 is 10.0 Å². The normalized spacial score (nSPS) is 10.9. The zero-order valence-electron chi connectivity index (χ0n) is 15.6. The second-order valence-electron chi connectivity index (χ2n) is 5.77. The molecule has 0 unspecified atom stereocenters. The highest BCUT2D eigenvalue weighted by atomic mass is 32.2. The van der Waals surface area contributed by atoms with Crippen LogP contribution in [-0.2, 0) is 19.5 Å². The fourth-order valence-electron chi connectivity index (χ4n) is 2.40. The minimum Gasteiger partial charge on any atom is -0.465 e. The Kier molecular flexibility index (Phi) is 7.53. The number of methoxy groups -OCH3 is 2. The molecule has 28 heavy (non-hydrogen) atoms. The van der Waals surface area contributed by atoms with Gasteiger partial charge in [-0.3, -0.25) is 9.52 Å². The summed E-state index contributed by atoms with van der Waals surface area (Å²) in [7, 11) is -1.24. The zero-order valence-corrected chi connectivity index (χ0v) is 16.4. The van der Waals surface area contributed by atoms with Gasteiger partial charge in [0.15, 0.2) is 0 Å². The number of benzene rings is 2. The lowest BCUT2D eigenvalue weighted by atomic mass is 10.1. The Labute approximate surface area is 163 Å². The van der Waals surface area contributed by atoms with E-state index in [-0.39, 0.29) is 21.7 Å². The molecule has 2 aromatic carbocycles. The molecule has 1 amide bonds. The first-order valence-corrected chi connectivity index (χ1v) is 9.94. The van der Waals surface area contributed by atoms with Crippen molar-refractivity contribution in [2.24, 2.45) is 0 Å². The average molecular weight is 406 g/mol. The maximum absolute atomic E-state index is 12.7. The van der Waals surface area contributed by atoms with Crippen LogP contribution in [0.3, 0.4) is 0 Å². The third-order valence-corrected chi connectivity index (χ3v) is 5.16. The third kappa shape index (κ3) is 5.54. The SMILES string of the molecule is COCCCNC(=O)c1ccccc1NS(=O)(=O)c1cccc(C(=O)OC)c1. The molecule has 0 fully saturated rings. The van der Waals surface area contributed by atoms with Crippen LogP contribution in [0.4, 0.5) is 5.69 Å². The Balaban J connectivity index is 2.23. The van der Waals surface area contributed by atoms with Crippen molar-refractivity contribution in [3.8, 4) is 0 Å². The van der Waals surface area contributed by atoms with Crippen LogP contribution in [-0.4, -0.2) is 47.7 Å². The van der Waals surface area contributed by atoms with E-state index in [0.29, 0.717) is 19.6 Å². The molecule has 2 rings (SSSR count). The summed E-state index contributed by atoms with van der Waals surface area (Å²) in [6.07, 6.45) is 0.635. The Morgan fingerprint density at radius 1 is 1.04 bits per heavy atom. The smallest absolute Gasteiger partial charge is 0.337 e. The molecule has 0 aromatic heterocycles. The van der Waals surface area contributed by atoms with E-state index in [1.807, 2.05) is 0 Å². The van der Waals surface area contributed by atoms with Crippen LogP contribution in [0.15, 0.2) is 53.4 Å². The maximum atomic E-state index is 12.7. The molecule has 0 aliphatic carbocycles. The molecule has 2 N–H and O–H groups in total. The summed E-state index contributed by atoms with van der Waals surface area (Å²) in [4.78, 5) is 23.9. The summed E-state index contributed by atoms with van der Waals surface area (Å²) in [5.74, 6) is -1.05. The number of rotatable bonds is 9.